The summed E-state index contributed by atoms with van der Waals surface area (Å²) in [6, 6.07) is 14.9. The number of hydrogen-bond donors (Lipinski definition) is 0. The summed E-state index contributed by atoms with van der Waals surface area (Å²) in [5, 5.41) is 12.2. The monoisotopic (exact) mass is 422 g/mol. The molecule has 0 aliphatic carbocycles. The van der Waals surface area contributed by atoms with Crippen molar-refractivity contribution in [3.05, 3.63) is 59.9 Å². The first-order chi connectivity index (χ1) is 15.2. The van der Waals surface area contributed by atoms with Crippen molar-refractivity contribution in [1.29, 1.82) is 0 Å². The van der Waals surface area contributed by atoms with Gasteiger partial charge in [-0.3, -0.25) is 9.69 Å². The van der Waals surface area contributed by atoms with Crippen molar-refractivity contribution in [2.24, 2.45) is 0 Å². The number of benzene rings is 2. The van der Waals surface area contributed by atoms with Crippen molar-refractivity contribution in [3.8, 4) is 17.2 Å². The molecular weight excluding hydrogens is 396 g/mol. The average Bonchev–Trinajstić information content (AvgIpc) is 3.28. The molecule has 31 heavy (non-hydrogen) atoms. The van der Waals surface area contributed by atoms with E-state index in [2.05, 4.69) is 20.4 Å². The van der Waals surface area contributed by atoms with Crippen LogP contribution in [-0.2, 0) is 6.54 Å². The van der Waals surface area contributed by atoms with Crippen molar-refractivity contribution in [2.75, 3.05) is 39.9 Å². The van der Waals surface area contributed by atoms with Crippen LogP contribution in [0.3, 0.4) is 0 Å². The molecule has 2 heterocycles. The highest BCUT2D eigenvalue weighted by Gasteiger charge is 2.23. The molecule has 1 amide bonds. The van der Waals surface area contributed by atoms with Crippen molar-refractivity contribution < 1.29 is 14.3 Å². The second kappa shape index (κ2) is 9.57. The normalized spacial score (nSPS) is 14.5. The van der Waals surface area contributed by atoms with Gasteiger partial charge in [0.15, 0.2) is 5.82 Å². The number of piperazine rings is 1. The molecule has 1 aliphatic rings. The fourth-order valence-corrected chi connectivity index (χ4v) is 3.58. The van der Waals surface area contributed by atoms with Gasteiger partial charge in [0.25, 0.3) is 5.91 Å². The second-order valence-corrected chi connectivity index (χ2v) is 7.23. The van der Waals surface area contributed by atoms with Gasteiger partial charge < -0.3 is 14.4 Å². The zero-order valence-electron chi connectivity index (χ0n) is 17.8. The summed E-state index contributed by atoms with van der Waals surface area (Å²) in [6.07, 6.45) is 0. The number of aromatic nitrogens is 4. The van der Waals surface area contributed by atoms with Crippen LogP contribution in [0.5, 0.6) is 11.5 Å². The third-order valence-corrected chi connectivity index (χ3v) is 5.29. The molecule has 0 bridgehead atoms. The number of ether oxygens (including phenoxy) is 2. The molecule has 0 spiro atoms. The van der Waals surface area contributed by atoms with Gasteiger partial charge >= 0.3 is 0 Å². The van der Waals surface area contributed by atoms with E-state index in [0.29, 0.717) is 31.8 Å². The van der Waals surface area contributed by atoms with Gasteiger partial charge in [-0.15, -0.1) is 5.10 Å². The van der Waals surface area contributed by atoms with E-state index in [0.717, 1.165) is 36.1 Å². The number of carbonyl (C=O) groups is 1. The number of methoxy groups -OCH3 is 1. The molecule has 1 aliphatic heterocycles. The Balaban J connectivity index is 1.34. The Labute approximate surface area is 181 Å². The summed E-state index contributed by atoms with van der Waals surface area (Å²) in [5.74, 6) is 2.37. The molecule has 0 radical (unpaired) electrons. The minimum atomic E-state index is 0.0470. The zero-order chi connectivity index (χ0) is 21.6. The largest absolute Gasteiger partial charge is 0.497 e. The highest BCUT2D eigenvalue weighted by Crippen LogP contribution is 2.17. The standard InChI is InChI=1S/C22H26N6O3/c1-3-31-20-8-4-17(5-9-20)22(29)27-14-12-26(13-15-27)16-21-23-24-25-28(21)18-6-10-19(30-2)11-7-18/h4-11H,3,12-16H2,1-2H3. The van der Waals surface area contributed by atoms with Gasteiger partial charge in [0.2, 0.25) is 0 Å². The smallest absolute Gasteiger partial charge is 0.253 e. The Hall–Kier alpha value is -3.46. The van der Waals surface area contributed by atoms with E-state index in [9.17, 15) is 4.79 Å². The molecule has 9 nitrogen and oxygen atoms in total. The first kappa shape index (κ1) is 20.8. The second-order valence-electron chi connectivity index (χ2n) is 7.23. The number of nitrogens with zero attached hydrogens (tertiary/aromatic N) is 6. The van der Waals surface area contributed by atoms with Gasteiger partial charge in [0.1, 0.15) is 11.5 Å². The Morgan fingerprint density at radius 2 is 1.65 bits per heavy atom. The molecule has 3 aromatic rings. The summed E-state index contributed by atoms with van der Waals surface area (Å²) in [5.41, 5.74) is 1.56. The number of hydrogen-bond acceptors (Lipinski definition) is 7. The van der Waals surface area contributed by atoms with Gasteiger partial charge in [0.05, 0.1) is 25.9 Å². The summed E-state index contributed by atoms with van der Waals surface area (Å²) >= 11 is 0. The van der Waals surface area contributed by atoms with Crippen LogP contribution in [0.2, 0.25) is 0 Å². The van der Waals surface area contributed by atoms with Gasteiger partial charge in [-0.1, -0.05) is 0 Å². The van der Waals surface area contributed by atoms with Crippen LogP contribution in [0, 0.1) is 0 Å². The quantitative estimate of drug-likeness (QED) is 0.576. The molecular formula is C22H26N6O3. The van der Waals surface area contributed by atoms with Crippen molar-refractivity contribution in [2.45, 2.75) is 13.5 Å². The highest BCUT2D eigenvalue weighted by molar-refractivity contribution is 5.94. The molecule has 1 aromatic heterocycles. The Morgan fingerprint density at radius 1 is 0.968 bits per heavy atom. The molecule has 4 rings (SSSR count). The van der Waals surface area contributed by atoms with E-state index >= 15 is 0 Å². The van der Waals surface area contributed by atoms with E-state index in [1.165, 1.54) is 0 Å². The third-order valence-electron chi connectivity index (χ3n) is 5.29. The molecule has 162 valence electrons. The molecule has 0 unspecified atom stereocenters. The molecule has 2 aromatic carbocycles. The van der Waals surface area contributed by atoms with Crippen LogP contribution < -0.4 is 9.47 Å². The number of rotatable bonds is 7. The number of amides is 1. The summed E-state index contributed by atoms with van der Waals surface area (Å²) in [6.45, 7) is 6.01. The Bertz CT molecular complexity index is 995. The average molecular weight is 422 g/mol. The van der Waals surface area contributed by atoms with Gasteiger partial charge in [-0.05, 0) is 65.9 Å². The topological polar surface area (TPSA) is 85.6 Å². The lowest BCUT2D eigenvalue weighted by Crippen LogP contribution is -2.48. The van der Waals surface area contributed by atoms with Crippen LogP contribution in [0.15, 0.2) is 48.5 Å². The fraction of sp³-hybridized carbons (Fsp3) is 0.364. The highest BCUT2D eigenvalue weighted by atomic mass is 16.5. The van der Waals surface area contributed by atoms with E-state index in [-0.39, 0.29) is 5.91 Å². The first-order valence-corrected chi connectivity index (χ1v) is 10.3. The molecule has 0 N–H and O–H groups in total. The predicted molar refractivity (Wildman–Crippen MR) is 114 cm³/mol. The predicted octanol–water partition coefficient (Wildman–Crippen LogP) is 2.03. The van der Waals surface area contributed by atoms with Crippen molar-refractivity contribution >= 4 is 5.91 Å². The van der Waals surface area contributed by atoms with E-state index in [1.54, 1.807) is 11.8 Å². The van der Waals surface area contributed by atoms with Crippen LogP contribution in [0.4, 0.5) is 0 Å². The Morgan fingerprint density at radius 3 is 2.29 bits per heavy atom. The van der Waals surface area contributed by atoms with Gasteiger partial charge in [0, 0.05) is 31.7 Å². The molecule has 1 saturated heterocycles. The lowest BCUT2D eigenvalue weighted by atomic mass is 10.1. The van der Waals surface area contributed by atoms with Crippen LogP contribution in [-0.4, -0.2) is 75.8 Å². The van der Waals surface area contributed by atoms with Crippen LogP contribution >= 0.6 is 0 Å². The lowest BCUT2D eigenvalue weighted by Gasteiger charge is -2.34. The minimum Gasteiger partial charge on any atom is -0.497 e. The van der Waals surface area contributed by atoms with E-state index < -0.39 is 0 Å². The molecule has 0 saturated carbocycles. The zero-order valence-corrected chi connectivity index (χ0v) is 17.8. The van der Waals surface area contributed by atoms with Crippen molar-refractivity contribution in [1.82, 2.24) is 30.0 Å². The van der Waals surface area contributed by atoms with Crippen molar-refractivity contribution in [3.63, 3.8) is 0 Å². The molecule has 9 heteroatoms. The van der Waals surface area contributed by atoms with Crippen LogP contribution in [0.1, 0.15) is 23.1 Å². The molecule has 1 fully saturated rings. The minimum absolute atomic E-state index is 0.0470. The van der Waals surface area contributed by atoms with Crippen LogP contribution in [0.25, 0.3) is 5.69 Å². The fourth-order valence-electron chi connectivity index (χ4n) is 3.58. The Kier molecular flexibility index (Phi) is 6.42. The SMILES string of the molecule is CCOc1ccc(C(=O)N2CCN(Cc3nnnn3-c3ccc(OC)cc3)CC2)cc1. The summed E-state index contributed by atoms with van der Waals surface area (Å²) < 4.78 is 12.4. The third kappa shape index (κ3) is 4.83. The van der Waals surface area contributed by atoms with E-state index in [4.69, 9.17) is 9.47 Å². The van der Waals surface area contributed by atoms with Gasteiger partial charge in [-0.2, -0.15) is 4.68 Å². The molecule has 0 atom stereocenters. The maximum absolute atomic E-state index is 12.8. The first-order valence-electron chi connectivity index (χ1n) is 10.3. The lowest BCUT2D eigenvalue weighted by molar-refractivity contribution is 0.0624. The maximum Gasteiger partial charge on any atom is 0.253 e. The van der Waals surface area contributed by atoms with Gasteiger partial charge in [-0.25, -0.2) is 0 Å². The number of carbonyl (C=O) groups excluding carboxylic acids is 1. The summed E-state index contributed by atoms with van der Waals surface area (Å²) in [7, 11) is 1.64. The maximum atomic E-state index is 12.8. The summed E-state index contributed by atoms with van der Waals surface area (Å²) in [4.78, 5) is 16.9. The van der Waals surface area contributed by atoms with E-state index in [1.807, 2.05) is 60.4 Å². The number of tetrazole rings is 1.